The van der Waals surface area contributed by atoms with Crippen molar-refractivity contribution in [1.82, 2.24) is 4.98 Å². The number of pyridine rings is 1. The van der Waals surface area contributed by atoms with E-state index in [1.807, 2.05) is 0 Å². The lowest BCUT2D eigenvalue weighted by molar-refractivity contribution is -0.139. The van der Waals surface area contributed by atoms with E-state index in [4.69, 9.17) is 26.8 Å². The maximum Gasteiger partial charge on any atom is 0.350 e. The van der Waals surface area contributed by atoms with Gasteiger partial charge in [0.25, 0.3) is 0 Å². The van der Waals surface area contributed by atoms with Crippen LogP contribution >= 0.6 is 34.7 Å². The molecule has 134 valence electrons. The molecular weight excluding hydrogens is 384 g/mol. The summed E-state index contributed by atoms with van der Waals surface area (Å²) in [6, 6.07) is 3.40. The Balaban J connectivity index is 2.40. The molecule has 2 heterocycles. The highest BCUT2D eigenvalue weighted by Gasteiger charge is 2.24. The highest BCUT2D eigenvalue weighted by molar-refractivity contribution is 8.01. The molecule has 0 aliphatic heterocycles. The van der Waals surface area contributed by atoms with Crippen LogP contribution in [0.3, 0.4) is 0 Å². The molecule has 0 aliphatic carbocycles. The summed E-state index contributed by atoms with van der Waals surface area (Å²) >= 11 is 8.28. The van der Waals surface area contributed by atoms with Crippen LogP contribution in [-0.4, -0.2) is 35.9 Å². The fourth-order valence-electron chi connectivity index (χ4n) is 2.00. The molecule has 2 N–H and O–H groups in total. The fraction of sp³-hybridized carbons (Fsp3) is 0.312. The normalized spacial score (nSPS) is 10.5. The minimum absolute atomic E-state index is 0.115. The maximum atomic E-state index is 12.1. The standard InChI is InChI=1S/C16H17ClN2O4S2/c1-3-22-11(20)8-24-16-12(9-5-6-10(17)19-7-9)13(18)14(25-16)15(21)23-4-2/h5-7H,3-4,8,18H2,1-2H3. The Bertz CT molecular complexity index is 762. The molecule has 9 heteroatoms. The van der Waals surface area contributed by atoms with Gasteiger partial charge in [0.15, 0.2) is 0 Å². The van der Waals surface area contributed by atoms with Crippen LogP contribution in [0.2, 0.25) is 5.15 Å². The van der Waals surface area contributed by atoms with E-state index in [0.717, 1.165) is 4.21 Å². The topological polar surface area (TPSA) is 91.5 Å². The zero-order chi connectivity index (χ0) is 18.4. The molecule has 0 spiro atoms. The number of hydrogen-bond donors (Lipinski definition) is 1. The lowest BCUT2D eigenvalue weighted by Crippen LogP contribution is -2.06. The summed E-state index contributed by atoms with van der Waals surface area (Å²) in [5.74, 6) is -0.710. The third-order valence-corrected chi connectivity index (χ3v) is 5.67. The number of carbonyl (C=O) groups excluding carboxylic acids is 2. The Labute approximate surface area is 158 Å². The number of thioether (sulfide) groups is 1. The molecule has 0 saturated heterocycles. The lowest BCUT2D eigenvalue weighted by atomic mass is 10.1. The van der Waals surface area contributed by atoms with E-state index in [9.17, 15) is 9.59 Å². The summed E-state index contributed by atoms with van der Waals surface area (Å²) in [6.07, 6.45) is 1.57. The summed E-state index contributed by atoms with van der Waals surface area (Å²) in [4.78, 5) is 28.1. The van der Waals surface area contributed by atoms with Crippen molar-refractivity contribution in [3.05, 3.63) is 28.4 Å². The first kappa shape index (κ1) is 19.6. The van der Waals surface area contributed by atoms with Gasteiger partial charge in [0.2, 0.25) is 0 Å². The van der Waals surface area contributed by atoms with Gasteiger partial charge in [-0.25, -0.2) is 9.78 Å². The van der Waals surface area contributed by atoms with Crippen molar-refractivity contribution in [2.45, 2.75) is 18.1 Å². The molecule has 25 heavy (non-hydrogen) atoms. The van der Waals surface area contributed by atoms with Gasteiger partial charge in [-0.05, 0) is 26.0 Å². The minimum Gasteiger partial charge on any atom is -0.465 e. The van der Waals surface area contributed by atoms with Crippen molar-refractivity contribution < 1.29 is 19.1 Å². The van der Waals surface area contributed by atoms with Gasteiger partial charge in [-0.3, -0.25) is 4.79 Å². The predicted octanol–water partition coefficient (Wildman–Crippen LogP) is 3.88. The smallest absolute Gasteiger partial charge is 0.350 e. The van der Waals surface area contributed by atoms with Gasteiger partial charge in [-0.15, -0.1) is 23.1 Å². The molecule has 0 aromatic carbocycles. The van der Waals surface area contributed by atoms with Gasteiger partial charge in [0.1, 0.15) is 10.0 Å². The molecule has 0 aliphatic rings. The van der Waals surface area contributed by atoms with Crippen LogP contribution in [-0.2, 0) is 14.3 Å². The number of rotatable bonds is 7. The number of nitrogen functional groups attached to an aromatic ring is 1. The second kappa shape index (κ2) is 9.07. The highest BCUT2D eigenvalue weighted by atomic mass is 35.5. The average Bonchev–Trinajstić information content (AvgIpc) is 2.91. The van der Waals surface area contributed by atoms with Crippen LogP contribution in [0.4, 0.5) is 5.69 Å². The van der Waals surface area contributed by atoms with E-state index in [1.54, 1.807) is 32.2 Å². The second-order valence-electron chi connectivity index (χ2n) is 4.69. The average molecular weight is 401 g/mol. The van der Waals surface area contributed by atoms with Crippen molar-refractivity contribution in [3.63, 3.8) is 0 Å². The first-order chi connectivity index (χ1) is 12.0. The molecule has 0 saturated carbocycles. The van der Waals surface area contributed by atoms with Gasteiger partial charge in [-0.1, -0.05) is 11.6 Å². The monoisotopic (exact) mass is 400 g/mol. The summed E-state index contributed by atoms with van der Waals surface area (Å²) in [6.45, 7) is 4.03. The molecule has 0 amide bonds. The van der Waals surface area contributed by atoms with Gasteiger partial charge in [0, 0.05) is 17.3 Å². The van der Waals surface area contributed by atoms with E-state index in [-0.39, 0.29) is 18.3 Å². The van der Waals surface area contributed by atoms with E-state index < -0.39 is 5.97 Å². The molecule has 2 aromatic rings. The molecule has 0 radical (unpaired) electrons. The molecule has 0 fully saturated rings. The summed E-state index contributed by atoms with van der Waals surface area (Å²) in [7, 11) is 0. The van der Waals surface area contributed by atoms with Crippen molar-refractivity contribution in [1.29, 1.82) is 0 Å². The van der Waals surface area contributed by atoms with Gasteiger partial charge in [0.05, 0.1) is 28.9 Å². The number of anilines is 1. The largest absolute Gasteiger partial charge is 0.465 e. The Morgan fingerprint density at radius 2 is 2.00 bits per heavy atom. The Kier molecular flexibility index (Phi) is 7.10. The van der Waals surface area contributed by atoms with Crippen LogP contribution in [0.25, 0.3) is 11.1 Å². The number of nitrogens with two attached hydrogens (primary N) is 1. The molecule has 2 aromatic heterocycles. The van der Waals surface area contributed by atoms with E-state index in [1.165, 1.54) is 23.1 Å². The number of hydrogen-bond acceptors (Lipinski definition) is 8. The first-order valence-electron chi connectivity index (χ1n) is 7.47. The summed E-state index contributed by atoms with van der Waals surface area (Å²) in [5, 5.41) is 0.351. The number of aromatic nitrogens is 1. The minimum atomic E-state index is -0.490. The molecule has 2 rings (SSSR count). The van der Waals surface area contributed by atoms with Crippen molar-refractivity contribution in [3.8, 4) is 11.1 Å². The predicted molar refractivity (Wildman–Crippen MR) is 100 cm³/mol. The number of carbonyl (C=O) groups is 2. The number of ether oxygens (including phenoxy) is 2. The van der Waals surface area contributed by atoms with Gasteiger partial charge in [-0.2, -0.15) is 0 Å². The zero-order valence-corrected chi connectivity index (χ0v) is 16.1. The van der Waals surface area contributed by atoms with Gasteiger partial charge < -0.3 is 15.2 Å². The lowest BCUT2D eigenvalue weighted by Gasteiger charge is -2.06. The van der Waals surface area contributed by atoms with Crippen LogP contribution in [0.1, 0.15) is 23.5 Å². The van der Waals surface area contributed by atoms with Crippen LogP contribution < -0.4 is 5.73 Å². The number of halogens is 1. The third-order valence-electron chi connectivity index (χ3n) is 3.02. The van der Waals surface area contributed by atoms with E-state index in [0.29, 0.717) is 33.5 Å². The SMILES string of the molecule is CCOC(=O)CSc1sc(C(=O)OCC)c(N)c1-c1ccc(Cl)nc1. The van der Waals surface area contributed by atoms with Crippen molar-refractivity contribution in [2.24, 2.45) is 0 Å². The molecule has 0 unspecified atom stereocenters. The highest BCUT2D eigenvalue weighted by Crippen LogP contribution is 2.44. The van der Waals surface area contributed by atoms with Crippen LogP contribution in [0, 0.1) is 0 Å². The molecule has 0 bridgehead atoms. The number of esters is 2. The second-order valence-corrected chi connectivity index (χ2v) is 7.34. The molecule has 0 atom stereocenters. The van der Waals surface area contributed by atoms with Crippen molar-refractivity contribution >= 4 is 52.3 Å². The summed E-state index contributed by atoms with van der Waals surface area (Å²) < 4.78 is 10.7. The summed E-state index contributed by atoms with van der Waals surface area (Å²) in [5.41, 5.74) is 7.85. The molecular formula is C16H17ClN2O4S2. The Hall–Kier alpha value is -1.77. The zero-order valence-electron chi connectivity index (χ0n) is 13.7. The quantitative estimate of drug-likeness (QED) is 0.428. The third kappa shape index (κ3) is 4.87. The van der Waals surface area contributed by atoms with Crippen molar-refractivity contribution in [2.75, 3.05) is 24.7 Å². The fourth-order valence-corrected chi connectivity index (χ4v) is 4.34. The Morgan fingerprint density at radius 3 is 2.60 bits per heavy atom. The number of thiophene rings is 1. The van der Waals surface area contributed by atoms with E-state index >= 15 is 0 Å². The van der Waals surface area contributed by atoms with E-state index in [2.05, 4.69) is 4.98 Å². The Morgan fingerprint density at radius 1 is 1.28 bits per heavy atom. The van der Waals surface area contributed by atoms with Gasteiger partial charge >= 0.3 is 11.9 Å². The maximum absolute atomic E-state index is 12.1. The van der Waals surface area contributed by atoms with Crippen LogP contribution in [0.15, 0.2) is 22.5 Å². The van der Waals surface area contributed by atoms with Crippen LogP contribution in [0.5, 0.6) is 0 Å². The number of nitrogens with zero attached hydrogens (tertiary/aromatic N) is 1. The molecule has 6 nitrogen and oxygen atoms in total. The first-order valence-corrected chi connectivity index (χ1v) is 9.65.